The normalized spacial score (nSPS) is 15.5. The van der Waals surface area contributed by atoms with Crippen molar-refractivity contribution >= 4 is 16.9 Å². The van der Waals surface area contributed by atoms with Crippen molar-refractivity contribution in [3.05, 3.63) is 38.2 Å². The summed E-state index contributed by atoms with van der Waals surface area (Å²) in [7, 11) is 0. The molecular weight excluding hydrogens is 312 g/mol. The molecule has 3 rings (SSSR count). The van der Waals surface area contributed by atoms with Crippen molar-refractivity contribution in [2.75, 3.05) is 39.3 Å². The maximum absolute atomic E-state index is 12.3. The number of aryl methyl sites for hydroxylation is 1. The van der Waals surface area contributed by atoms with Gasteiger partial charge in [-0.2, -0.15) is 0 Å². The third kappa shape index (κ3) is 3.52. The summed E-state index contributed by atoms with van der Waals surface area (Å²) < 4.78 is 0. The van der Waals surface area contributed by atoms with E-state index in [1.165, 1.54) is 0 Å². The Hall–Kier alpha value is -2.52. The number of hydrogen-bond acceptors (Lipinski definition) is 6. The van der Waals surface area contributed by atoms with Crippen LogP contribution in [-0.4, -0.2) is 65.0 Å². The molecule has 0 spiro atoms. The molecule has 1 aliphatic heterocycles. The van der Waals surface area contributed by atoms with Gasteiger partial charge in [0.1, 0.15) is 11.3 Å². The molecular formula is C15H20N6O3. The van der Waals surface area contributed by atoms with E-state index >= 15 is 0 Å². The standard InChI is InChI=1S/C15H20N6O3/c1-9-8-10(18-12-11(9)14(23)20-15(24)19-12)13(22)17-4-7-21-5-2-16-3-6-21/h8,16H,2-7H2,1H3,(H,17,22)(H2,18,19,20,23,24). The highest BCUT2D eigenvalue weighted by Gasteiger charge is 2.14. The lowest BCUT2D eigenvalue weighted by molar-refractivity contribution is 0.0942. The molecule has 2 aromatic rings. The van der Waals surface area contributed by atoms with Crippen molar-refractivity contribution in [3.63, 3.8) is 0 Å². The van der Waals surface area contributed by atoms with E-state index in [2.05, 4.69) is 30.5 Å². The zero-order valence-electron chi connectivity index (χ0n) is 13.4. The van der Waals surface area contributed by atoms with Crippen LogP contribution in [0, 0.1) is 6.92 Å². The quantitative estimate of drug-likeness (QED) is 0.543. The van der Waals surface area contributed by atoms with E-state index in [4.69, 9.17) is 0 Å². The first kappa shape index (κ1) is 16.3. The Morgan fingerprint density at radius 2 is 2.04 bits per heavy atom. The van der Waals surface area contributed by atoms with Gasteiger partial charge >= 0.3 is 5.69 Å². The summed E-state index contributed by atoms with van der Waals surface area (Å²) in [4.78, 5) is 46.5. The van der Waals surface area contributed by atoms with Crippen molar-refractivity contribution in [1.82, 2.24) is 30.5 Å². The van der Waals surface area contributed by atoms with Crippen LogP contribution in [-0.2, 0) is 0 Å². The van der Waals surface area contributed by atoms with Crippen molar-refractivity contribution in [1.29, 1.82) is 0 Å². The molecule has 0 aromatic carbocycles. The third-order valence-electron chi connectivity index (χ3n) is 4.06. The number of fused-ring (bicyclic) bond motifs is 1. The van der Waals surface area contributed by atoms with Gasteiger partial charge in [0.2, 0.25) is 0 Å². The molecule has 1 aliphatic rings. The number of rotatable bonds is 4. The van der Waals surface area contributed by atoms with Gasteiger partial charge in [-0.1, -0.05) is 0 Å². The predicted octanol–water partition coefficient (Wildman–Crippen LogP) is -1.45. The number of aromatic nitrogens is 3. The number of nitrogens with one attached hydrogen (secondary N) is 4. The van der Waals surface area contributed by atoms with Crippen LogP contribution in [0.2, 0.25) is 0 Å². The highest BCUT2D eigenvalue weighted by atomic mass is 16.2. The lowest BCUT2D eigenvalue weighted by Gasteiger charge is -2.27. The number of aromatic amines is 2. The smallest absolute Gasteiger partial charge is 0.327 e. The van der Waals surface area contributed by atoms with E-state index in [1.807, 2.05) is 0 Å². The Morgan fingerprint density at radius 1 is 1.29 bits per heavy atom. The van der Waals surface area contributed by atoms with Crippen LogP contribution in [0.3, 0.4) is 0 Å². The van der Waals surface area contributed by atoms with Crippen molar-refractivity contribution < 1.29 is 4.79 Å². The fourth-order valence-corrected chi connectivity index (χ4v) is 2.82. The number of nitrogens with zero attached hydrogens (tertiary/aromatic N) is 2. The van der Waals surface area contributed by atoms with Gasteiger partial charge in [0.15, 0.2) is 0 Å². The van der Waals surface area contributed by atoms with Crippen LogP contribution in [0.1, 0.15) is 16.1 Å². The topological polar surface area (TPSA) is 123 Å². The molecule has 1 saturated heterocycles. The molecule has 0 bridgehead atoms. The number of carbonyl (C=O) groups excluding carboxylic acids is 1. The third-order valence-corrected chi connectivity index (χ3v) is 4.06. The summed E-state index contributed by atoms with van der Waals surface area (Å²) in [6.07, 6.45) is 0. The maximum atomic E-state index is 12.3. The Balaban J connectivity index is 1.72. The van der Waals surface area contributed by atoms with Crippen LogP contribution < -0.4 is 21.9 Å². The second kappa shape index (κ2) is 6.93. The average molecular weight is 332 g/mol. The molecule has 4 N–H and O–H groups in total. The molecule has 0 radical (unpaired) electrons. The average Bonchev–Trinajstić information content (AvgIpc) is 2.54. The number of hydrogen-bond donors (Lipinski definition) is 4. The Labute approximate surface area is 137 Å². The van der Waals surface area contributed by atoms with Crippen LogP contribution >= 0.6 is 0 Å². The highest BCUT2D eigenvalue weighted by molar-refractivity contribution is 5.95. The number of H-pyrrole nitrogens is 2. The van der Waals surface area contributed by atoms with Gasteiger partial charge in [0, 0.05) is 39.3 Å². The summed E-state index contributed by atoms with van der Waals surface area (Å²) >= 11 is 0. The van der Waals surface area contributed by atoms with Crippen molar-refractivity contribution in [3.8, 4) is 0 Å². The first-order valence-corrected chi connectivity index (χ1v) is 7.90. The van der Waals surface area contributed by atoms with Gasteiger partial charge < -0.3 is 10.6 Å². The lowest BCUT2D eigenvalue weighted by atomic mass is 10.1. The minimum Gasteiger partial charge on any atom is -0.349 e. The Bertz CT molecular complexity index is 866. The van der Waals surface area contributed by atoms with Gasteiger partial charge in [0.25, 0.3) is 11.5 Å². The molecule has 9 heteroatoms. The molecule has 1 fully saturated rings. The van der Waals surface area contributed by atoms with Crippen LogP contribution in [0.4, 0.5) is 0 Å². The number of pyridine rings is 1. The Kier molecular flexibility index (Phi) is 4.72. The van der Waals surface area contributed by atoms with Gasteiger partial charge in [-0.15, -0.1) is 0 Å². The van der Waals surface area contributed by atoms with E-state index < -0.39 is 11.2 Å². The van der Waals surface area contributed by atoms with Gasteiger partial charge in [-0.25, -0.2) is 9.78 Å². The summed E-state index contributed by atoms with van der Waals surface area (Å²) in [6.45, 7) is 6.85. The molecule has 24 heavy (non-hydrogen) atoms. The van der Waals surface area contributed by atoms with Crippen LogP contribution in [0.15, 0.2) is 15.7 Å². The van der Waals surface area contributed by atoms with Crippen LogP contribution in [0.5, 0.6) is 0 Å². The maximum Gasteiger partial charge on any atom is 0.327 e. The second-order valence-corrected chi connectivity index (χ2v) is 5.80. The van der Waals surface area contributed by atoms with Gasteiger partial charge in [-0.3, -0.25) is 24.5 Å². The fraction of sp³-hybridized carbons (Fsp3) is 0.467. The van der Waals surface area contributed by atoms with E-state index in [-0.39, 0.29) is 22.6 Å². The van der Waals surface area contributed by atoms with E-state index in [0.29, 0.717) is 12.1 Å². The van der Waals surface area contributed by atoms with E-state index in [0.717, 1.165) is 32.7 Å². The summed E-state index contributed by atoms with van der Waals surface area (Å²) in [5, 5.41) is 6.39. The molecule has 128 valence electrons. The molecule has 3 heterocycles. The number of piperazine rings is 1. The number of amides is 1. The van der Waals surface area contributed by atoms with Crippen LogP contribution in [0.25, 0.3) is 11.0 Å². The zero-order chi connectivity index (χ0) is 17.1. The van der Waals surface area contributed by atoms with E-state index in [9.17, 15) is 14.4 Å². The van der Waals surface area contributed by atoms with Gasteiger partial charge in [0.05, 0.1) is 5.39 Å². The monoisotopic (exact) mass is 332 g/mol. The lowest BCUT2D eigenvalue weighted by Crippen LogP contribution is -2.46. The molecule has 0 saturated carbocycles. The molecule has 0 atom stereocenters. The minimum absolute atomic E-state index is 0.121. The first-order valence-electron chi connectivity index (χ1n) is 7.90. The van der Waals surface area contributed by atoms with Crippen molar-refractivity contribution in [2.45, 2.75) is 6.92 Å². The van der Waals surface area contributed by atoms with E-state index in [1.54, 1.807) is 13.0 Å². The molecule has 9 nitrogen and oxygen atoms in total. The summed E-state index contributed by atoms with van der Waals surface area (Å²) in [5.74, 6) is -0.323. The highest BCUT2D eigenvalue weighted by Crippen LogP contribution is 2.10. The molecule has 1 amide bonds. The second-order valence-electron chi connectivity index (χ2n) is 5.80. The molecule has 0 unspecified atom stereocenters. The fourth-order valence-electron chi connectivity index (χ4n) is 2.82. The Morgan fingerprint density at radius 3 is 2.79 bits per heavy atom. The van der Waals surface area contributed by atoms with Gasteiger partial charge in [-0.05, 0) is 18.6 Å². The van der Waals surface area contributed by atoms with Crippen molar-refractivity contribution in [2.24, 2.45) is 0 Å². The summed E-state index contributed by atoms with van der Waals surface area (Å²) in [6, 6.07) is 1.55. The number of carbonyl (C=O) groups is 1. The predicted molar refractivity (Wildman–Crippen MR) is 89.4 cm³/mol. The largest absolute Gasteiger partial charge is 0.349 e. The molecule has 2 aromatic heterocycles. The summed E-state index contributed by atoms with van der Waals surface area (Å²) in [5.41, 5.74) is -0.262. The minimum atomic E-state index is -0.643. The molecule has 0 aliphatic carbocycles. The zero-order valence-corrected chi connectivity index (χ0v) is 13.4. The first-order chi connectivity index (χ1) is 11.5. The SMILES string of the molecule is Cc1cc(C(=O)NCCN2CCNCC2)nc2[nH]c(=O)[nH]c(=O)c12.